The van der Waals surface area contributed by atoms with Crippen LogP contribution < -0.4 is 49.2 Å². The van der Waals surface area contributed by atoms with E-state index in [1.54, 1.807) is 22.2 Å². The van der Waals surface area contributed by atoms with Crippen molar-refractivity contribution < 1.29 is 56.1 Å². The fourth-order valence-corrected chi connectivity index (χ4v) is 9.68. The van der Waals surface area contributed by atoms with E-state index >= 15 is 0 Å². The van der Waals surface area contributed by atoms with Crippen LogP contribution in [0.4, 0.5) is 0 Å². The van der Waals surface area contributed by atoms with Crippen molar-refractivity contribution in [3.63, 3.8) is 0 Å². The minimum Gasteiger partial charge on any atom is -0.391 e. The lowest BCUT2D eigenvalue weighted by atomic mass is 10.0. The lowest BCUT2D eigenvalue weighted by Crippen LogP contribution is -3.06. The van der Waals surface area contributed by atoms with Crippen molar-refractivity contribution in [2.24, 2.45) is 35.2 Å². The first-order chi connectivity index (χ1) is 45.3. The van der Waals surface area contributed by atoms with Crippen molar-refractivity contribution in [2.75, 3.05) is 120 Å². The molecule has 0 atom stereocenters. The number of aliphatic hydroxyl groups is 1. The van der Waals surface area contributed by atoms with Crippen LogP contribution in [0.25, 0.3) is 0 Å². The third kappa shape index (κ3) is 63.2. The average Bonchev–Trinajstić information content (AvgIpc) is 1.91. The highest BCUT2D eigenvalue weighted by Crippen LogP contribution is 2.17. The van der Waals surface area contributed by atoms with Crippen molar-refractivity contribution in [3.8, 4) is 0 Å². The van der Waals surface area contributed by atoms with E-state index in [9.17, 15) is 0 Å². The lowest BCUT2D eigenvalue weighted by Gasteiger charge is -2.28. The summed E-state index contributed by atoms with van der Waals surface area (Å²) in [5, 5.41) is 18.2. The maximum absolute atomic E-state index is 8.39. The molecule has 0 bridgehead atoms. The average molecular weight is 1340 g/mol. The van der Waals surface area contributed by atoms with E-state index in [4.69, 9.17) is 16.8 Å². The Kier molecular flexibility index (Phi) is 57.0. The number of aryl methyl sites for hydroxylation is 7. The number of pyridine rings is 1. The topological polar surface area (TPSA) is 191 Å². The highest BCUT2D eigenvalue weighted by molar-refractivity contribution is 4.82. The fourth-order valence-electron chi connectivity index (χ4n) is 9.68. The van der Waals surface area contributed by atoms with Crippen molar-refractivity contribution in [1.82, 2.24) is 38.7 Å². The zero-order valence-electron chi connectivity index (χ0n) is 64.1. The van der Waals surface area contributed by atoms with E-state index in [0.717, 1.165) is 35.1 Å². The standard InChI is InChI=1S/C19H42N.C9H20N.C8H15N2.C7H11N2.C6H11N2.C5H14NO.C5H11N.C5H5N.C4H6N2.C3H7N4.C2H4N4/c1-5-6-7-8-9-10-11-12-13-14-15-16-17-18-19-20(2,3)4;1-3-4-7-10(2)8-5-6-9-10;1-3-4-5-10-7-6-9(2)8-10;1-3-4-9-6-5-8(2)7-9;1-3-8-5-4-7(2)6-8;1-6(2,3)4-5-7;1-6-4-2-3-5-6;1-2-4-6-5-3-1;1-6-3-2-5-4-6;1-6-3-7(4)2-5-6;3-6-1-4-5-2-6/h5-19H2,1-4H3;3-9H2,1-2H3;6-8H,3-5H2,1-2H3;3,5-7H,1,4H2,2H3;4-6H,3H2,1-2H3;7H,4-5H2,1-3H3;2-5H2,1H3;1-5H;2-4H,1H3;2-3H,4H2,1H3;1-2H,3H2/q6*+1;;;;+1;/p+4. The molecule has 9 N–H and O–H groups in total. The number of nitrogens with two attached hydrogens (primary N) is 2. The molecule has 2 saturated heterocycles. The first-order valence-electron chi connectivity index (χ1n) is 36.0. The highest BCUT2D eigenvalue weighted by atomic mass is 16.3. The molecule has 22 heteroatoms. The number of likely N-dealkylation sites (tertiary alicyclic amines) is 2. The number of aliphatic hydroxyl groups excluding tert-OH is 1. The number of likely N-dealkylation sites (N-methyl/N-ethyl adjacent to an activating group) is 1. The largest absolute Gasteiger partial charge is 0.391 e. The molecule has 7 aromatic rings. The Morgan fingerprint density at radius 2 is 1.09 bits per heavy atom. The Hall–Kier alpha value is -6.59. The van der Waals surface area contributed by atoms with Crippen LogP contribution in [0, 0.1) is 0 Å². The smallest absolute Gasteiger partial charge is 0.286 e. The third-order valence-electron chi connectivity index (χ3n) is 15.5. The number of aromatic amines is 3. The number of hydrogen-bond acceptors (Lipinski definition) is 5. The van der Waals surface area contributed by atoms with Gasteiger partial charge in [-0.1, -0.05) is 129 Å². The second-order valence-electron chi connectivity index (χ2n) is 27.7. The molecule has 542 valence electrons. The monoisotopic (exact) mass is 1340 g/mol. The molecule has 0 aromatic carbocycles. The predicted molar refractivity (Wildman–Crippen MR) is 389 cm³/mol. The Balaban J connectivity index is 0. The van der Waals surface area contributed by atoms with Crippen LogP contribution in [-0.2, 0) is 54.9 Å². The van der Waals surface area contributed by atoms with Crippen LogP contribution in [-0.4, -0.2) is 166 Å². The summed E-state index contributed by atoms with van der Waals surface area (Å²) < 4.78 is 22.1. The van der Waals surface area contributed by atoms with Gasteiger partial charge in [0.1, 0.15) is 62.7 Å². The van der Waals surface area contributed by atoms with E-state index in [0.29, 0.717) is 0 Å². The van der Waals surface area contributed by atoms with Gasteiger partial charge in [-0.05, 0) is 32.6 Å². The summed E-state index contributed by atoms with van der Waals surface area (Å²) in [5.41, 5.74) is 0. The molecular weight excluding hydrogens is 1190 g/mol. The number of aromatic nitrogens is 15. The molecule has 7 aromatic heterocycles. The van der Waals surface area contributed by atoms with Gasteiger partial charge < -0.3 is 23.5 Å². The molecule has 0 amide bonds. The molecule has 9 rings (SSSR count). The van der Waals surface area contributed by atoms with Crippen molar-refractivity contribution in [3.05, 3.63) is 143 Å². The summed E-state index contributed by atoms with van der Waals surface area (Å²) in [6.45, 7) is 25.2. The summed E-state index contributed by atoms with van der Waals surface area (Å²) in [6.07, 6.45) is 67.5. The number of unbranched alkanes of at least 4 members (excludes halogenated alkanes) is 15. The molecule has 95 heavy (non-hydrogen) atoms. The van der Waals surface area contributed by atoms with Crippen LogP contribution in [0.2, 0.25) is 0 Å². The van der Waals surface area contributed by atoms with Gasteiger partial charge in [0, 0.05) is 48.0 Å². The number of hydrogen-bond donors (Lipinski definition) is 6. The number of imidazole rings is 4. The van der Waals surface area contributed by atoms with Gasteiger partial charge in [-0.25, -0.2) is 37.0 Å². The normalized spacial score (nSPS) is 12.6. The minimum absolute atomic E-state index is 0.281. The quantitative estimate of drug-likeness (QED) is 0.0122. The first-order valence-corrected chi connectivity index (χ1v) is 36.0. The summed E-state index contributed by atoms with van der Waals surface area (Å²) >= 11 is 0. The van der Waals surface area contributed by atoms with Gasteiger partial charge in [0.05, 0.1) is 151 Å². The van der Waals surface area contributed by atoms with Gasteiger partial charge >= 0.3 is 0 Å². The maximum Gasteiger partial charge on any atom is 0.286 e. The number of allylic oxidation sites excluding steroid dienone is 1. The SMILES string of the molecule is C=CCn1cc[n+](C)c1.CCCCCCCCCCCCCCCC[N+](C)(C)C.CCCC[N+]1(C)CCCC1.CCCCn1cc[n+](C)c1.CCn1cc[n+](C)c1.C[N+](C)(C)CCO.C[NH+]1CCCC1.C[n+]1cc[nH]c1.Cn1c[n+](N)cn1.N[n+]1cn[nH]c1.c1cc[nH+]cc1. The molecule has 9 heterocycles. The molecule has 0 unspecified atom stereocenters. The first kappa shape index (κ1) is 90.5. The number of rotatable bonds is 26. The van der Waals surface area contributed by atoms with Crippen LogP contribution in [0.3, 0.4) is 0 Å². The second-order valence-corrected chi connectivity index (χ2v) is 27.7. The van der Waals surface area contributed by atoms with Crippen molar-refractivity contribution in [2.45, 2.75) is 189 Å². The molecular formula is C73H150N21O+11. The number of quaternary nitrogens is 4. The fraction of sp³-hybridized carbons (Fsp3) is 0.685. The second kappa shape index (κ2) is 59.9. The molecule has 0 aliphatic carbocycles. The summed E-state index contributed by atoms with van der Waals surface area (Å²) in [5.74, 6) is 10.3. The van der Waals surface area contributed by atoms with E-state index in [1.165, 1.54) is 207 Å². The van der Waals surface area contributed by atoms with Crippen molar-refractivity contribution >= 4 is 0 Å². The summed E-state index contributed by atoms with van der Waals surface area (Å²) in [4.78, 5) is 7.49. The van der Waals surface area contributed by atoms with Gasteiger partial charge in [-0.3, -0.25) is 16.7 Å². The van der Waals surface area contributed by atoms with Crippen LogP contribution in [0.15, 0.2) is 143 Å². The Morgan fingerprint density at radius 3 is 1.36 bits per heavy atom. The molecule has 22 nitrogen and oxygen atoms in total. The number of nitrogens with zero attached hydrogens (tertiary/aromatic N) is 15. The Bertz CT molecular complexity index is 2560. The summed E-state index contributed by atoms with van der Waals surface area (Å²) in [7, 11) is 27.5. The van der Waals surface area contributed by atoms with Crippen LogP contribution in [0.5, 0.6) is 0 Å². The zero-order valence-corrected chi connectivity index (χ0v) is 64.1. The molecule has 0 spiro atoms. The van der Waals surface area contributed by atoms with Gasteiger partial charge in [0.2, 0.25) is 38.0 Å². The minimum atomic E-state index is 0.281. The highest BCUT2D eigenvalue weighted by Gasteiger charge is 2.25. The molecule has 0 radical (unpaired) electrons. The van der Waals surface area contributed by atoms with Crippen LogP contribution >= 0.6 is 0 Å². The lowest BCUT2D eigenvalue weighted by molar-refractivity contribution is -0.897. The Labute approximate surface area is 579 Å². The maximum atomic E-state index is 8.39. The number of nitrogens with one attached hydrogen (secondary N) is 4. The van der Waals surface area contributed by atoms with Gasteiger partial charge in [-0.2, -0.15) is 0 Å². The third-order valence-corrected chi connectivity index (χ3v) is 15.5. The van der Waals surface area contributed by atoms with Gasteiger partial charge in [0.25, 0.3) is 12.7 Å². The number of nitrogen functional groups attached to an aromatic ring is 2. The van der Waals surface area contributed by atoms with E-state index in [2.05, 4.69) is 165 Å². The predicted octanol–water partition coefficient (Wildman–Crippen LogP) is 6.30. The van der Waals surface area contributed by atoms with E-state index in [-0.39, 0.29) is 6.61 Å². The molecule has 2 aliphatic heterocycles. The Morgan fingerprint density at radius 1 is 0.600 bits per heavy atom. The van der Waals surface area contributed by atoms with E-state index in [1.807, 2.05) is 129 Å². The van der Waals surface area contributed by atoms with Gasteiger partial charge in [-0.15, -0.1) is 19.1 Å². The van der Waals surface area contributed by atoms with E-state index < -0.39 is 0 Å². The summed E-state index contributed by atoms with van der Waals surface area (Å²) in [6, 6.07) is 5.86. The molecule has 0 saturated carbocycles. The van der Waals surface area contributed by atoms with Crippen molar-refractivity contribution in [1.29, 1.82) is 0 Å². The number of H-pyrrole nitrogens is 3. The molecule has 2 fully saturated rings. The van der Waals surface area contributed by atoms with Gasteiger partial charge in [0.15, 0.2) is 12.4 Å². The zero-order chi connectivity index (χ0) is 71.3. The van der Waals surface area contributed by atoms with Crippen LogP contribution in [0.1, 0.15) is 169 Å². The molecule has 2 aliphatic rings.